The normalized spacial score (nSPS) is 20.0. The van der Waals surface area contributed by atoms with Crippen molar-refractivity contribution >= 4 is 0 Å². The van der Waals surface area contributed by atoms with Crippen LogP contribution in [0.4, 0.5) is 0 Å². The molecule has 0 aromatic heterocycles. The topological polar surface area (TPSA) is 44.5 Å². The lowest BCUT2D eigenvalue weighted by Crippen LogP contribution is -2.11. The summed E-state index contributed by atoms with van der Waals surface area (Å²) in [4.78, 5) is 0. The van der Waals surface area contributed by atoms with Gasteiger partial charge in [0.15, 0.2) is 0 Å². The lowest BCUT2D eigenvalue weighted by molar-refractivity contribution is 0.333. The standard InChI is InChI=1S/C9H11NO2/c1-11-7-3-2-4-8-9(7)6(10)5-12-8/h2-4,6H,5,10H2,1H3/t6-/m0/s1. The van der Waals surface area contributed by atoms with Crippen LogP contribution >= 0.6 is 0 Å². The lowest BCUT2D eigenvalue weighted by atomic mass is 10.1. The maximum atomic E-state index is 5.82. The van der Waals surface area contributed by atoms with Gasteiger partial charge in [-0.05, 0) is 12.1 Å². The summed E-state index contributed by atoms with van der Waals surface area (Å²) >= 11 is 0. The molecule has 0 fully saturated rings. The number of nitrogens with two attached hydrogens (primary N) is 1. The Labute approximate surface area is 71.1 Å². The van der Waals surface area contributed by atoms with Gasteiger partial charge in [0, 0.05) is 0 Å². The van der Waals surface area contributed by atoms with Crippen LogP contribution in [0, 0.1) is 0 Å². The SMILES string of the molecule is COc1cccc2c1[C@@H](N)CO2. The third-order valence-corrected chi connectivity index (χ3v) is 2.04. The van der Waals surface area contributed by atoms with Gasteiger partial charge in [-0.3, -0.25) is 0 Å². The first kappa shape index (κ1) is 7.43. The Kier molecular flexibility index (Phi) is 1.66. The Morgan fingerprint density at radius 1 is 1.58 bits per heavy atom. The largest absolute Gasteiger partial charge is 0.496 e. The number of rotatable bonds is 1. The molecule has 0 aliphatic carbocycles. The van der Waals surface area contributed by atoms with Crippen LogP contribution in [0.1, 0.15) is 11.6 Å². The van der Waals surface area contributed by atoms with Crippen molar-refractivity contribution in [1.82, 2.24) is 0 Å². The van der Waals surface area contributed by atoms with Crippen LogP contribution < -0.4 is 15.2 Å². The van der Waals surface area contributed by atoms with Crippen LogP contribution in [0.3, 0.4) is 0 Å². The summed E-state index contributed by atoms with van der Waals surface area (Å²) in [5, 5.41) is 0. The molecule has 12 heavy (non-hydrogen) atoms. The number of methoxy groups -OCH3 is 1. The fourth-order valence-electron chi connectivity index (χ4n) is 1.46. The van der Waals surface area contributed by atoms with E-state index in [1.54, 1.807) is 7.11 Å². The molecule has 0 bridgehead atoms. The first-order valence-electron chi connectivity index (χ1n) is 3.88. The highest BCUT2D eigenvalue weighted by Crippen LogP contribution is 2.37. The van der Waals surface area contributed by atoms with Gasteiger partial charge < -0.3 is 15.2 Å². The maximum absolute atomic E-state index is 5.82. The van der Waals surface area contributed by atoms with Crippen LogP contribution in [0.15, 0.2) is 18.2 Å². The zero-order valence-electron chi connectivity index (χ0n) is 6.91. The highest BCUT2D eigenvalue weighted by atomic mass is 16.5. The molecule has 0 saturated heterocycles. The van der Waals surface area contributed by atoms with Gasteiger partial charge in [-0.15, -0.1) is 0 Å². The fraction of sp³-hybridized carbons (Fsp3) is 0.333. The highest BCUT2D eigenvalue weighted by Gasteiger charge is 2.23. The fourth-order valence-corrected chi connectivity index (χ4v) is 1.46. The molecule has 2 rings (SSSR count). The number of ether oxygens (including phenoxy) is 2. The average molecular weight is 165 g/mol. The van der Waals surface area contributed by atoms with E-state index in [2.05, 4.69) is 0 Å². The Bertz CT molecular complexity index is 299. The van der Waals surface area contributed by atoms with Crippen molar-refractivity contribution in [3.05, 3.63) is 23.8 Å². The van der Waals surface area contributed by atoms with Crippen LogP contribution in [0.25, 0.3) is 0 Å². The molecule has 3 nitrogen and oxygen atoms in total. The van der Waals surface area contributed by atoms with Crippen LogP contribution in [0.2, 0.25) is 0 Å². The van der Waals surface area contributed by atoms with Gasteiger partial charge in [0.05, 0.1) is 18.7 Å². The van der Waals surface area contributed by atoms with E-state index in [9.17, 15) is 0 Å². The second-order valence-corrected chi connectivity index (χ2v) is 2.79. The van der Waals surface area contributed by atoms with Gasteiger partial charge in [0.25, 0.3) is 0 Å². The van der Waals surface area contributed by atoms with Gasteiger partial charge in [-0.2, -0.15) is 0 Å². The number of hydrogen-bond acceptors (Lipinski definition) is 3. The summed E-state index contributed by atoms with van der Waals surface area (Å²) in [7, 11) is 1.64. The minimum atomic E-state index is -0.0452. The molecule has 0 amide bonds. The molecule has 1 aromatic rings. The Balaban J connectivity index is 2.53. The van der Waals surface area contributed by atoms with Crippen molar-refractivity contribution in [2.45, 2.75) is 6.04 Å². The molecule has 0 radical (unpaired) electrons. The predicted molar refractivity (Wildman–Crippen MR) is 45.4 cm³/mol. The van der Waals surface area contributed by atoms with Gasteiger partial charge in [-0.1, -0.05) is 6.07 Å². The van der Waals surface area contributed by atoms with E-state index < -0.39 is 0 Å². The van der Waals surface area contributed by atoms with Gasteiger partial charge in [0.2, 0.25) is 0 Å². The number of hydrogen-bond donors (Lipinski definition) is 1. The van der Waals surface area contributed by atoms with E-state index in [1.807, 2.05) is 18.2 Å². The van der Waals surface area contributed by atoms with Crippen molar-refractivity contribution in [1.29, 1.82) is 0 Å². The number of benzene rings is 1. The Morgan fingerprint density at radius 3 is 3.17 bits per heavy atom. The molecule has 1 aliphatic rings. The van der Waals surface area contributed by atoms with Crippen molar-refractivity contribution < 1.29 is 9.47 Å². The maximum Gasteiger partial charge on any atom is 0.128 e. The predicted octanol–water partition coefficient (Wildman–Crippen LogP) is 1.09. The van der Waals surface area contributed by atoms with Gasteiger partial charge in [-0.25, -0.2) is 0 Å². The van der Waals surface area contributed by atoms with E-state index in [4.69, 9.17) is 15.2 Å². The molecule has 1 heterocycles. The lowest BCUT2D eigenvalue weighted by Gasteiger charge is -2.06. The molecule has 1 aliphatic heterocycles. The molecule has 0 spiro atoms. The second-order valence-electron chi connectivity index (χ2n) is 2.79. The summed E-state index contributed by atoms with van der Waals surface area (Å²) in [6.45, 7) is 0.551. The summed E-state index contributed by atoms with van der Waals surface area (Å²) in [6.07, 6.45) is 0. The minimum absolute atomic E-state index is 0.0452. The van der Waals surface area contributed by atoms with E-state index in [0.717, 1.165) is 17.1 Å². The van der Waals surface area contributed by atoms with Gasteiger partial charge in [0.1, 0.15) is 18.1 Å². The molecule has 0 saturated carbocycles. The van der Waals surface area contributed by atoms with Crippen molar-refractivity contribution in [2.75, 3.05) is 13.7 Å². The molecular weight excluding hydrogens is 154 g/mol. The summed E-state index contributed by atoms with van der Waals surface area (Å²) in [5.41, 5.74) is 6.80. The molecule has 1 aromatic carbocycles. The third kappa shape index (κ3) is 0.940. The number of fused-ring (bicyclic) bond motifs is 1. The molecule has 64 valence electrons. The van der Waals surface area contributed by atoms with Gasteiger partial charge >= 0.3 is 0 Å². The highest BCUT2D eigenvalue weighted by molar-refractivity contribution is 5.49. The molecule has 3 heteroatoms. The third-order valence-electron chi connectivity index (χ3n) is 2.04. The molecule has 1 atom stereocenters. The van der Waals surface area contributed by atoms with E-state index in [0.29, 0.717) is 6.61 Å². The average Bonchev–Trinajstić information content (AvgIpc) is 2.48. The van der Waals surface area contributed by atoms with E-state index in [-0.39, 0.29) is 6.04 Å². The second kappa shape index (κ2) is 2.68. The smallest absolute Gasteiger partial charge is 0.128 e. The monoisotopic (exact) mass is 165 g/mol. The van der Waals surface area contributed by atoms with E-state index in [1.165, 1.54) is 0 Å². The summed E-state index contributed by atoms with van der Waals surface area (Å²) in [6, 6.07) is 5.66. The first-order chi connectivity index (χ1) is 5.83. The summed E-state index contributed by atoms with van der Waals surface area (Å²) < 4.78 is 10.5. The quantitative estimate of drug-likeness (QED) is 0.677. The van der Waals surface area contributed by atoms with Crippen molar-refractivity contribution in [3.63, 3.8) is 0 Å². The van der Waals surface area contributed by atoms with Crippen molar-refractivity contribution in [2.24, 2.45) is 5.73 Å². The van der Waals surface area contributed by atoms with E-state index >= 15 is 0 Å². The first-order valence-corrected chi connectivity index (χ1v) is 3.88. The van der Waals surface area contributed by atoms with Crippen LogP contribution in [-0.2, 0) is 0 Å². The molecular formula is C9H11NO2. The molecule has 2 N–H and O–H groups in total. The van der Waals surface area contributed by atoms with Crippen LogP contribution in [0.5, 0.6) is 11.5 Å². The summed E-state index contributed by atoms with van der Waals surface area (Å²) in [5.74, 6) is 1.67. The van der Waals surface area contributed by atoms with Crippen molar-refractivity contribution in [3.8, 4) is 11.5 Å². The molecule has 0 unspecified atom stereocenters. The van der Waals surface area contributed by atoms with Crippen LogP contribution in [-0.4, -0.2) is 13.7 Å². The minimum Gasteiger partial charge on any atom is -0.496 e. The Hall–Kier alpha value is -1.22. The zero-order valence-corrected chi connectivity index (χ0v) is 6.91. The zero-order chi connectivity index (χ0) is 8.55. The Morgan fingerprint density at radius 2 is 2.42 bits per heavy atom.